The lowest BCUT2D eigenvalue weighted by molar-refractivity contribution is 0.0870. The van der Waals surface area contributed by atoms with Crippen molar-refractivity contribution in [3.63, 3.8) is 0 Å². The number of nitrogens with zero attached hydrogens (tertiary/aromatic N) is 4. The molecule has 0 aromatic carbocycles. The summed E-state index contributed by atoms with van der Waals surface area (Å²) >= 11 is 0. The number of rotatable bonds is 3. The molecule has 1 aliphatic rings. The Hall–Kier alpha value is -1.99. The predicted molar refractivity (Wildman–Crippen MR) is 73.8 cm³/mol. The van der Waals surface area contributed by atoms with Crippen LogP contribution in [0.4, 0.5) is 5.82 Å². The molecular formula is C13H17N5O2. The van der Waals surface area contributed by atoms with Crippen LogP contribution in [0.25, 0.3) is 11.2 Å². The SMILES string of the molecule is CC1=CC(CO)(CO)CC1n1cnc2c(N)ncnc21. The number of nitrogens with two attached hydrogens (primary N) is 1. The maximum atomic E-state index is 9.53. The molecule has 2 heterocycles. The van der Waals surface area contributed by atoms with E-state index in [1.54, 1.807) is 6.33 Å². The van der Waals surface area contributed by atoms with Crippen molar-refractivity contribution >= 4 is 17.0 Å². The summed E-state index contributed by atoms with van der Waals surface area (Å²) in [6.45, 7) is 1.82. The van der Waals surface area contributed by atoms with Crippen LogP contribution >= 0.6 is 0 Å². The van der Waals surface area contributed by atoms with E-state index in [1.807, 2.05) is 17.6 Å². The molecule has 0 spiro atoms. The first-order valence-electron chi connectivity index (χ1n) is 6.44. The fourth-order valence-electron chi connectivity index (χ4n) is 2.87. The second-order valence-corrected chi connectivity index (χ2v) is 5.37. The van der Waals surface area contributed by atoms with Crippen molar-refractivity contribution in [2.45, 2.75) is 19.4 Å². The largest absolute Gasteiger partial charge is 0.395 e. The maximum Gasteiger partial charge on any atom is 0.165 e. The van der Waals surface area contributed by atoms with Gasteiger partial charge in [0.05, 0.1) is 25.6 Å². The predicted octanol–water partition coefficient (Wildman–Crippen LogP) is 0.271. The lowest BCUT2D eigenvalue weighted by atomic mass is 9.89. The van der Waals surface area contributed by atoms with Crippen LogP contribution in [0.1, 0.15) is 19.4 Å². The molecule has 1 aliphatic carbocycles. The topological polar surface area (TPSA) is 110 Å². The minimum absolute atomic E-state index is 0.00796. The first kappa shape index (κ1) is 13.0. The van der Waals surface area contributed by atoms with Gasteiger partial charge in [-0.25, -0.2) is 15.0 Å². The number of imidazole rings is 1. The standard InChI is InChI=1S/C13H17N5O2/c1-8-2-13(4-19,5-20)3-9(8)18-7-17-10-11(14)15-6-16-12(10)18/h2,6-7,9,19-20H,3-5H2,1H3,(H2,14,15,16). The Labute approximate surface area is 115 Å². The summed E-state index contributed by atoms with van der Waals surface area (Å²) in [6.07, 6.45) is 5.65. The molecule has 0 saturated carbocycles. The van der Waals surface area contributed by atoms with Crippen LogP contribution in [0, 0.1) is 5.41 Å². The highest BCUT2D eigenvalue weighted by Gasteiger charge is 2.38. The van der Waals surface area contributed by atoms with E-state index in [2.05, 4.69) is 15.0 Å². The van der Waals surface area contributed by atoms with Crippen LogP contribution in [0.3, 0.4) is 0 Å². The monoisotopic (exact) mass is 275 g/mol. The fraction of sp³-hybridized carbons (Fsp3) is 0.462. The highest BCUT2D eigenvalue weighted by Crippen LogP contribution is 2.43. The van der Waals surface area contributed by atoms with Gasteiger partial charge in [0.25, 0.3) is 0 Å². The number of allylic oxidation sites excluding steroid dienone is 1. The van der Waals surface area contributed by atoms with E-state index < -0.39 is 5.41 Å². The van der Waals surface area contributed by atoms with E-state index in [9.17, 15) is 10.2 Å². The van der Waals surface area contributed by atoms with Gasteiger partial charge in [0.2, 0.25) is 0 Å². The maximum absolute atomic E-state index is 9.53. The highest BCUT2D eigenvalue weighted by molar-refractivity contribution is 5.81. The number of anilines is 1. The van der Waals surface area contributed by atoms with Crippen molar-refractivity contribution < 1.29 is 10.2 Å². The Balaban J connectivity index is 2.05. The van der Waals surface area contributed by atoms with E-state index in [4.69, 9.17) is 5.73 Å². The third-order valence-corrected chi connectivity index (χ3v) is 4.01. The fourth-order valence-corrected chi connectivity index (χ4v) is 2.87. The van der Waals surface area contributed by atoms with Crippen molar-refractivity contribution in [3.8, 4) is 0 Å². The summed E-state index contributed by atoms with van der Waals surface area (Å²) in [6, 6.07) is 0.00796. The van der Waals surface area contributed by atoms with Gasteiger partial charge < -0.3 is 20.5 Å². The molecule has 0 bridgehead atoms. The molecule has 0 saturated heterocycles. The molecule has 106 valence electrons. The Kier molecular flexibility index (Phi) is 2.95. The molecule has 7 heteroatoms. The summed E-state index contributed by atoms with van der Waals surface area (Å²) in [7, 11) is 0. The zero-order valence-corrected chi connectivity index (χ0v) is 11.2. The lowest BCUT2D eigenvalue weighted by Gasteiger charge is -2.24. The minimum atomic E-state index is -0.579. The van der Waals surface area contributed by atoms with Gasteiger partial charge in [-0.1, -0.05) is 11.6 Å². The smallest absolute Gasteiger partial charge is 0.165 e. The molecule has 1 unspecified atom stereocenters. The van der Waals surface area contributed by atoms with Crippen LogP contribution in [0.5, 0.6) is 0 Å². The zero-order valence-electron chi connectivity index (χ0n) is 11.2. The molecule has 0 aliphatic heterocycles. The van der Waals surface area contributed by atoms with Crippen molar-refractivity contribution in [1.29, 1.82) is 0 Å². The molecule has 20 heavy (non-hydrogen) atoms. The van der Waals surface area contributed by atoms with Gasteiger partial charge in [-0.05, 0) is 13.3 Å². The number of hydrogen-bond acceptors (Lipinski definition) is 6. The summed E-state index contributed by atoms with van der Waals surface area (Å²) in [5, 5.41) is 19.1. The second-order valence-electron chi connectivity index (χ2n) is 5.37. The van der Waals surface area contributed by atoms with E-state index in [-0.39, 0.29) is 19.3 Å². The van der Waals surface area contributed by atoms with Crippen molar-refractivity contribution in [1.82, 2.24) is 19.5 Å². The van der Waals surface area contributed by atoms with Crippen LogP contribution in [-0.4, -0.2) is 42.9 Å². The summed E-state index contributed by atoms with van der Waals surface area (Å²) in [5.74, 6) is 0.351. The number of nitrogen functional groups attached to an aromatic ring is 1. The van der Waals surface area contributed by atoms with E-state index in [0.29, 0.717) is 23.4 Å². The summed E-state index contributed by atoms with van der Waals surface area (Å²) in [5.41, 5.74) is 7.52. The Morgan fingerprint density at radius 1 is 1.35 bits per heavy atom. The Morgan fingerprint density at radius 2 is 2.10 bits per heavy atom. The van der Waals surface area contributed by atoms with Gasteiger partial charge in [-0.3, -0.25) is 0 Å². The normalized spacial score (nSPS) is 21.4. The van der Waals surface area contributed by atoms with Gasteiger partial charge in [0.15, 0.2) is 11.5 Å². The van der Waals surface area contributed by atoms with Crippen molar-refractivity contribution in [2.24, 2.45) is 5.41 Å². The average Bonchev–Trinajstić information content (AvgIpc) is 3.01. The number of aliphatic hydroxyl groups excluding tert-OH is 2. The molecule has 1 atom stereocenters. The summed E-state index contributed by atoms with van der Waals surface area (Å²) in [4.78, 5) is 12.4. The molecule has 0 amide bonds. The Morgan fingerprint density at radius 3 is 2.75 bits per heavy atom. The van der Waals surface area contributed by atoms with Crippen LogP contribution < -0.4 is 5.73 Å². The lowest BCUT2D eigenvalue weighted by Crippen LogP contribution is -2.26. The van der Waals surface area contributed by atoms with Crippen molar-refractivity contribution in [3.05, 3.63) is 24.3 Å². The van der Waals surface area contributed by atoms with Gasteiger partial charge in [-0.2, -0.15) is 0 Å². The third kappa shape index (κ3) is 1.78. The number of fused-ring (bicyclic) bond motifs is 1. The average molecular weight is 275 g/mol. The van der Waals surface area contributed by atoms with Gasteiger partial charge in [0, 0.05) is 5.41 Å². The van der Waals surface area contributed by atoms with Gasteiger partial charge in [0.1, 0.15) is 11.8 Å². The number of aliphatic hydroxyl groups is 2. The zero-order chi connectivity index (χ0) is 14.3. The van der Waals surface area contributed by atoms with Gasteiger partial charge in [-0.15, -0.1) is 0 Å². The van der Waals surface area contributed by atoms with Crippen LogP contribution in [0.15, 0.2) is 24.3 Å². The van der Waals surface area contributed by atoms with Crippen LogP contribution in [0.2, 0.25) is 0 Å². The van der Waals surface area contributed by atoms with E-state index in [0.717, 1.165) is 5.57 Å². The minimum Gasteiger partial charge on any atom is -0.395 e. The second kappa shape index (κ2) is 4.53. The number of aromatic nitrogens is 4. The molecule has 0 radical (unpaired) electrons. The third-order valence-electron chi connectivity index (χ3n) is 4.01. The quantitative estimate of drug-likeness (QED) is 0.694. The molecule has 7 nitrogen and oxygen atoms in total. The van der Waals surface area contributed by atoms with Crippen molar-refractivity contribution in [2.75, 3.05) is 18.9 Å². The molecule has 3 rings (SSSR count). The summed E-state index contributed by atoms with van der Waals surface area (Å²) < 4.78 is 1.92. The first-order chi connectivity index (χ1) is 9.60. The van der Waals surface area contributed by atoms with E-state index >= 15 is 0 Å². The van der Waals surface area contributed by atoms with Gasteiger partial charge >= 0.3 is 0 Å². The highest BCUT2D eigenvalue weighted by atomic mass is 16.3. The number of hydrogen-bond donors (Lipinski definition) is 3. The molecule has 0 fully saturated rings. The molecule has 2 aromatic rings. The van der Waals surface area contributed by atoms with Crippen LogP contribution in [-0.2, 0) is 0 Å². The molecular weight excluding hydrogens is 258 g/mol. The first-order valence-corrected chi connectivity index (χ1v) is 6.44. The molecule has 4 N–H and O–H groups in total. The molecule has 2 aromatic heterocycles. The Bertz CT molecular complexity index is 674. The van der Waals surface area contributed by atoms with E-state index in [1.165, 1.54) is 6.33 Å².